The van der Waals surface area contributed by atoms with E-state index in [-0.39, 0.29) is 27.6 Å². The molecular weight excluding hydrogens is 344 g/mol. The number of rotatable bonds is 5. The van der Waals surface area contributed by atoms with Gasteiger partial charge in [-0.05, 0) is 54.0 Å². The Hall–Kier alpha value is -0.980. The van der Waals surface area contributed by atoms with Crippen molar-refractivity contribution >= 4 is 42.6 Å². The summed E-state index contributed by atoms with van der Waals surface area (Å²) in [5.41, 5.74) is 0.815. The third kappa shape index (κ3) is 3.50. The quantitative estimate of drug-likeness (QED) is 0.597. The van der Waals surface area contributed by atoms with E-state index in [0.717, 1.165) is 25.7 Å². The Bertz CT molecular complexity index is 736. The summed E-state index contributed by atoms with van der Waals surface area (Å²) in [6, 6.07) is 4.52. The van der Waals surface area contributed by atoms with Crippen molar-refractivity contribution in [2.24, 2.45) is 5.92 Å². The maximum atomic E-state index is 12.3. The van der Waals surface area contributed by atoms with Crippen molar-refractivity contribution < 1.29 is 17.4 Å². The van der Waals surface area contributed by atoms with E-state index >= 15 is 0 Å². The van der Waals surface area contributed by atoms with Crippen molar-refractivity contribution in [3.8, 4) is 0 Å². The Labute approximate surface area is 138 Å². The van der Waals surface area contributed by atoms with Crippen molar-refractivity contribution in [3.63, 3.8) is 0 Å². The second-order valence-electron chi connectivity index (χ2n) is 5.47. The molecule has 0 aliphatic heterocycles. The summed E-state index contributed by atoms with van der Waals surface area (Å²) in [5.74, 6) is 0.561. The maximum absolute atomic E-state index is 12.3. The van der Waals surface area contributed by atoms with Gasteiger partial charge in [-0.1, -0.05) is 25.8 Å². The number of hydrogen-bond acceptors (Lipinski definition) is 4. The van der Waals surface area contributed by atoms with Crippen LogP contribution in [0, 0.1) is 5.92 Å². The average Bonchev–Trinajstić information content (AvgIpc) is 2.94. The highest BCUT2D eigenvalue weighted by molar-refractivity contribution is 8.12. The zero-order valence-electron chi connectivity index (χ0n) is 12.1. The van der Waals surface area contributed by atoms with E-state index in [1.165, 1.54) is 6.07 Å². The van der Waals surface area contributed by atoms with Crippen LogP contribution in [0.1, 0.15) is 54.4 Å². The molecule has 1 aromatic carbocycles. The van der Waals surface area contributed by atoms with Crippen LogP contribution in [-0.2, 0) is 21.1 Å². The number of halogens is 1. The molecule has 1 fully saturated rings. The van der Waals surface area contributed by atoms with E-state index < -0.39 is 15.1 Å². The van der Waals surface area contributed by atoms with Gasteiger partial charge in [0, 0.05) is 5.56 Å². The molecule has 0 heterocycles. The average molecular weight is 361 g/mol. The molecule has 1 aromatic rings. The zero-order chi connectivity index (χ0) is 16.3. The van der Waals surface area contributed by atoms with E-state index in [4.69, 9.17) is 11.6 Å². The molecule has 1 aliphatic rings. The van der Waals surface area contributed by atoms with E-state index in [2.05, 4.69) is 6.92 Å². The molecule has 0 N–H and O–H groups in total. The van der Waals surface area contributed by atoms with Gasteiger partial charge >= 0.3 is 0 Å². The minimum Gasteiger partial charge on any atom is -0.276 e. The standard InChI is InChI=1S/C15H17ClO4S2/c1-2-10-4-3-5-12(10)13-7-6-11(15(16)17)8-14(13)22(19,20)9-21-18/h6-10,12H,2-5H2,1H3. The Morgan fingerprint density at radius 1 is 1.41 bits per heavy atom. The molecule has 0 amide bonds. The largest absolute Gasteiger partial charge is 0.276 e. The monoisotopic (exact) mass is 360 g/mol. The first-order chi connectivity index (χ1) is 10.4. The zero-order valence-corrected chi connectivity index (χ0v) is 14.5. The van der Waals surface area contributed by atoms with Gasteiger partial charge in [0.2, 0.25) is 9.84 Å². The van der Waals surface area contributed by atoms with Gasteiger partial charge in [0.25, 0.3) is 5.24 Å². The van der Waals surface area contributed by atoms with Crippen LogP contribution in [0.15, 0.2) is 23.1 Å². The number of benzene rings is 1. The van der Waals surface area contributed by atoms with Crippen molar-refractivity contribution in [3.05, 3.63) is 29.3 Å². The molecule has 120 valence electrons. The summed E-state index contributed by atoms with van der Waals surface area (Å²) >= 11 is 5.35. The molecule has 1 aliphatic carbocycles. The Morgan fingerprint density at radius 2 is 2.14 bits per heavy atom. The Morgan fingerprint density at radius 3 is 2.73 bits per heavy atom. The molecule has 1 saturated carbocycles. The molecule has 0 spiro atoms. The first-order valence-electron chi connectivity index (χ1n) is 7.11. The lowest BCUT2D eigenvalue weighted by Crippen LogP contribution is -2.13. The van der Waals surface area contributed by atoms with Crippen LogP contribution in [0.3, 0.4) is 0 Å². The maximum Gasteiger partial charge on any atom is 0.252 e. The molecular formula is C15H17ClO4S2. The number of hydrogen-bond donors (Lipinski definition) is 0. The van der Waals surface area contributed by atoms with E-state index in [0.29, 0.717) is 16.2 Å². The highest BCUT2D eigenvalue weighted by Crippen LogP contribution is 2.43. The van der Waals surface area contributed by atoms with Crippen molar-refractivity contribution in [1.82, 2.24) is 0 Å². The van der Waals surface area contributed by atoms with Crippen molar-refractivity contribution in [2.45, 2.75) is 43.4 Å². The summed E-state index contributed by atoms with van der Waals surface area (Å²) in [6.07, 6.45) is 4.01. The number of sulfone groups is 1. The van der Waals surface area contributed by atoms with Gasteiger partial charge in [-0.15, -0.1) is 0 Å². The molecule has 2 atom stereocenters. The predicted octanol–water partition coefficient (Wildman–Crippen LogP) is 3.11. The molecule has 2 rings (SSSR count). The predicted molar refractivity (Wildman–Crippen MR) is 88.4 cm³/mol. The summed E-state index contributed by atoms with van der Waals surface area (Å²) in [7, 11) is -3.85. The second kappa shape index (κ2) is 7.06. The first kappa shape index (κ1) is 17.4. The van der Waals surface area contributed by atoms with Crippen LogP contribution < -0.4 is 0 Å². The fourth-order valence-corrected chi connectivity index (χ4v) is 5.03. The summed E-state index contributed by atoms with van der Waals surface area (Å²) < 4.78 is 36.0. The van der Waals surface area contributed by atoms with Gasteiger partial charge < -0.3 is 0 Å². The molecule has 4 nitrogen and oxygen atoms in total. The van der Waals surface area contributed by atoms with Gasteiger partial charge in [-0.2, -0.15) is 0 Å². The molecule has 0 saturated heterocycles. The van der Waals surface area contributed by atoms with Crippen molar-refractivity contribution in [2.75, 3.05) is 0 Å². The normalized spacial score (nSPS) is 21.5. The molecule has 0 bridgehead atoms. The third-order valence-corrected chi connectivity index (χ3v) is 6.81. The third-order valence-electron chi connectivity index (χ3n) is 4.30. The van der Waals surface area contributed by atoms with Crippen molar-refractivity contribution in [1.29, 1.82) is 0 Å². The minimum absolute atomic E-state index is 0.0349. The van der Waals surface area contributed by atoms with Crippen LogP contribution in [0.25, 0.3) is 0 Å². The highest BCUT2D eigenvalue weighted by Gasteiger charge is 2.31. The fraction of sp³-hybridized carbons (Fsp3) is 0.467. The lowest BCUT2D eigenvalue weighted by atomic mass is 9.87. The van der Waals surface area contributed by atoms with E-state index in [1.807, 2.05) is 0 Å². The second-order valence-corrected chi connectivity index (χ2v) is 8.30. The van der Waals surface area contributed by atoms with Crippen LogP contribution in [0.2, 0.25) is 0 Å². The molecule has 0 radical (unpaired) electrons. The SMILES string of the molecule is CCC1CCCC1c1ccc(C(=O)Cl)cc1S(=O)(=O)C=S=O. The lowest BCUT2D eigenvalue weighted by molar-refractivity contribution is 0.108. The van der Waals surface area contributed by atoms with Crippen LogP contribution in [0.5, 0.6) is 0 Å². The smallest absolute Gasteiger partial charge is 0.252 e. The number of carbonyl (C=O) groups is 1. The molecule has 0 aromatic heterocycles. The molecule has 22 heavy (non-hydrogen) atoms. The van der Waals surface area contributed by atoms with E-state index in [1.54, 1.807) is 12.1 Å². The van der Waals surface area contributed by atoms with Gasteiger partial charge in [0.15, 0.2) is 0 Å². The number of carbonyl (C=O) groups excluding carboxylic acids is 1. The van der Waals surface area contributed by atoms with Crippen LogP contribution in [0.4, 0.5) is 0 Å². The minimum atomic E-state index is -3.85. The van der Waals surface area contributed by atoms with Crippen LogP contribution >= 0.6 is 11.6 Å². The van der Waals surface area contributed by atoms with Crippen LogP contribution in [-0.4, -0.2) is 22.6 Å². The topological polar surface area (TPSA) is 68.3 Å². The Kier molecular flexibility index (Phi) is 5.58. The summed E-state index contributed by atoms with van der Waals surface area (Å²) in [5, 5.41) is -0.712. The van der Waals surface area contributed by atoms with Gasteiger partial charge in [-0.25, -0.2) is 12.6 Å². The first-order valence-corrected chi connectivity index (χ1v) is 9.84. The van der Waals surface area contributed by atoms with Gasteiger partial charge in [-0.3, -0.25) is 4.79 Å². The fourth-order valence-electron chi connectivity index (χ4n) is 3.25. The van der Waals surface area contributed by atoms with Gasteiger partial charge in [0.1, 0.15) is 16.0 Å². The molecule has 7 heteroatoms. The van der Waals surface area contributed by atoms with Gasteiger partial charge in [0.05, 0.1) is 4.90 Å². The van der Waals surface area contributed by atoms with E-state index in [9.17, 15) is 17.4 Å². The highest BCUT2D eigenvalue weighted by atomic mass is 35.5. The molecule has 2 unspecified atom stereocenters. The summed E-state index contributed by atoms with van der Waals surface area (Å²) in [4.78, 5) is 11.4. The Balaban J connectivity index is 2.63. The summed E-state index contributed by atoms with van der Waals surface area (Å²) in [6.45, 7) is 2.09. The lowest BCUT2D eigenvalue weighted by Gasteiger charge is -2.21.